The third-order valence-electron chi connectivity index (χ3n) is 1.99. The molecule has 0 saturated carbocycles. The Kier molecular flexibility index (Phi) is 2.82. The highest BCUT2D eigenvalue weighted by atomic mass is 79.9. The number of hydrogen-bond acceptors (Lipinski definition) is 1. The molecule has 1 aromatic carbocycles. The third kappa shape index (κ3) is 1.69. The van der Waals surface area contributed by atoms with Crippen molar-refractivity contribution in [1.82, 2.24) is 4.98 Å². The first-order chi connectivity index (χ1) is 6.59. The van der Waals surface area contributed by atoms with Crippen molar-refractivity contribution in [2.75, 3.05) is 0 Å². The first-order valence-corrected chi connectivity index (χ1v) is 5.97. The summed E-state index contributed by atoms with van der Waals surface area (Å²) >= 11 is 13.0. The van der Waals surface area contributed by atoms with Gasteiger partial charge in [0.15, 0.2) is 0 Å². The minimum Gasteiger partial charge on any atom is -0.252 e. The average molecular weight is 335 g/mol. The van der Waals surface area contributed by atoms with Gasteiger partial charge in [-0.15, -0.1) is 0 Å². The van der Waals surface area contributed by atoms with Crippen molar-refractivity contribution in [3.05, 3.63) is 37.9 Å². The van der Waals surface area contributed by atoms with Crippen molar-refractivity contribution in [3.63, 3.8) is 0 Å². The number of aromatic nitrogens is 1. The van der Waals surface area contributed by atoms with Crippen molar-refractivity contribution in [1.29, 1.82) is 0 Å². The molecule has 0 aliphatic rings. The fourth-order valence-corrected chi connectivity index (χ4v) is 2.24. The molecule has 0 bridgehead atoms. The van der Waals surface area contributed by atoms with Crippen molar-refractivity contribution >= 4 is 54.4 Å². The second kappa shape index (κ2) is 3.80. The average Bonchev–Trinajstić information content (AvgIpc) is 2.14. The highest BCUT2D eigenvalue weighted by molar-refractivity contribution is 9.10. The smallest absolute Gasteiger partial charge is 0.0732 e. The van der Waals surface area contributed by atoms with E-state index in [-0.39, 0.29) is 0 Å². The Morgan fingerprint density at radius 2 is 2.00 bits per heavy atom. The van der Waals surface area contributed by atoms with Crippen LogP contribution in [-0.2, 0) is 0 Å². The van der Waals surface area contributed by atoms with E-state index in [1.165, 1.54) is 0 Å². The molecule has 0 fully saturated rings. The van der Waals surface area contributed by atoms with Crippen molar-refractivity contribution < 1.29 is 0 Å². The van der Waals surface area contributed by atoms with Crippen LogP contribution in [0.5, 0.6) is 0 Å². The molecule has 1 heterocycles. The van der Waals surface area contributed by atoms with Gasteiger partial charge in [-0.2, -0.15) is 0 Å². The van der Waals surface area contributed by atoms with Crippen LogP contribution in [-0.4, -0.2) is 4.98 Å². The van der Waals surface area contributed by atoms with E-state index < -0.39 is 0 Å². The Balaban J connectivity index is 2.91. The molecule has 0 spiro atoms. The van der Waals surface area contributed by atoms with E-state index in [1.807, 2.05) is 25.1 Å². The van der Waals surface area contributed by atoms with E-state index in [2.05, 4.69) is 36.8 Å². The first-order valence-electron chi connectivity index (χ1n) is 4.00. The minimum atomic E-state index is 0.722. The highest BCUT2D eigenvalue weighted by Gasteiger charge is 2.08. The number of fused-ring (bicyclic) bond motifs is 1. The molecule has 0 saturated heterocycles. The summed E-state index contributed by atoms with van der Waals surface area (Å²) in [6.07, 6.45) is 0. The molecule has 2 rings (SSSR count). The van der Waals surface area contributed by atoms with Crippen LogP contribution in [0.4, 0.5) is 0 Å². The molecular formula is C10H6Br2ClN. The summed E-state index contributed by atoms with van der Waals surface area (Å²) in [5, 5.41) is 1.69. The lowest BCUT2D eigenvalue weighted by atomic mass is 10.2. The molecule has 14 heavy (non-hydrogen) atoms. The Hall–Kier alpha value is -0.120. The molecule has 0 aliphatic heterocycles. The van der Waals surface area contributed by atoms with E-state index in [9.17, 15) is 0 Å². The normalized spacial score (nSPS) is 10.9. The lowest BCUT2D eigenvalue weighted by molar-refractivity contribution is 1.23. The van der Waals surface area contributed by atoms with Crippen molar-refractivity contribution in [3.8, 4) is 0 Å². The highest BCUT2D eigenvalue weighted by Crippen LogP contribution is 2.33. The van der Waals surface area contributed by atoms with Crippen LogP contribution < -0.4 is 0 Å². The van der Waals surface area contributed by atoms with Crippen LogP contribution in [0.2, 0.25) is 5.02 Å². The minimum absolute atomic E-state index is 0.722. The van der Waals surface area contributed by atoms with Gasteiger partial charge in [0.25, 0.3) is 0 Å². The quantitative estimate of drug-likeness (QED) is 0.679. The Bertz CT molecular complexity index is 511. The maximum Gasteiger partial charge on any atom is 0.0732 e. The zero-order valence-electron chi connectivity index (χ0n) is 7.31. The van der Waals surface area contributed by atoms with E-state index >= 15 is 0 Å². The van der Waals surface area contributed by atoms with Gasteiger partial charge in [-0.25, -0.2) is 0 Å². The van der Waals surface area contributed by atoms with Gasteiger partial charge >= 0.3 is 0 Å². The number of halogens is 3. The molecule has 0 aliphatic carbocycles. The lowest BCUT2D eigenvalue weighted by Gasteiger charge is -2.05. The summed E-state index contributed by atoms with van der Waals surface area (Å²) in [4.78, 5) is 4.44. The molecule has 1 nitrogen and oxygen atoms in total. The predicted octanol–water partition coefficient (Wildman–Crippen LogP) is 4.72. The third-order valence-corrected chi connectivity index (χ3v) is 4.08. The van der Waals surface area contributed by atoms with Crippen molar-refractivity contribution in [2.45, 2.75) is 6.92 Å². The second-order valence-corrected chi connectivity index (χ2v) is 5.07. The molecule has 0 radical (unpaired) electrons. The van der Waals surface area contributed by atoms with Crippen LogP contribution >= 0.6 is 43.5 Å². The molecule has 0 atom stereocenters. The Morgan fingerprint density at radius 1 is 1.29 bits per heavy atom. The van der Waals surface area contributed by atoms with Gasteiger partial charge in [0.1, 0.15) is 0 Å². The van der Waals surface area contributed by atoms with Crippen LogP contribution in [0.15, 0.2) is 27.1 Å². The summed E-state index contributed by atoms with van der Waals surface area (Å²) < 4.78 is 1.88. The Labute approximate surface area is 104 Å². The van der Waals surface area contributed by atoms with E-state index in [4.69, 9.17) is 11.6 Å². The molecule has 2 aromatic rings. The molecule has 0 N–H and O–H groups in total. The van der Waals surface area contributed by atoms with Crippen LogP contribution in [0.25, 0.3) is 10.9 Å². The maximum absolute atomic E-state index is 6.18. The van der Waals surface area contributed by atoms with Gasteiger partial charge in [0.2, 0.25) is 0 Å². The predicted molar refractivity (Wildman–Crippen MR) is 66.9 cm³/mol. The molecule has 4 heteroatoms. The number of nitrogens with zero attached hydrogens (tertiary/aromatic N) is 1. The van der Waals surface area contributed by atoms with E-state index in [1.54, 1.807) is 0 Å². The SMILES string of the molecule is Cc1nc2cc(Br)ccc2c(Cl)c1Br. The molecule has 0 unspecified atom stereocenters. The lowest BCUT2D eigenvalue weighted by Crippen LogP contribution is -1.87. The standard InChI is InChI=1S/C10H6Br2ClN/c1-5-9(12)10(13)7-3-2-6(11)4-8(7)14-5/h2-4H,1H3. The largest absolute Gasteiger partial charge is 0.252 e. The maximum atomic E-state index is 6.18. The van der Waals surface area contributed by atoms with Crippen LogP contribution in [0.3, 0.4) is 0 Å². The number of pyridine rings is 1. The number of hydrogen-bond donors (Lipinski definition) is 0. The summed E-state index contributed by atoms with van der Waals surface area (Å²) in [5.74, 6) is 0. The van der Waals surface area contributed by atoms with Gasteiger partial charge < -0.3 is 0 Å². The molecule has 0 amide bonds. The zero-order chi connectivity index (χ0) is 10.3. The van der Waals surface area contributed by atoms with Gasteiger partial charge in [-0.05, 0) is 35.0 Å². The summed E-state index contributed by atoms with van der Waals surface area (Å²) in [7, 11) is 0. The number of rotatable bonds is 0. The molecule has 72 valence electrons. The topological polar surface area (TPSA) is 12.9 Å². The van der Waals surface area contributed by atoms with E-state index in [0.717, 1.165) is 30.6 Å². The van der Waals surface area contributed by atoms with Crippen molar-refractivity contribution in [2.24, 2.45) is 0 Å². The number of benzene rings is 1. The Morgan fingerprint density at radius 3 is 2.71 bits per heavy atom. The fraction of sp³-hybridized carbons (Fsp3) is 0.100. The van der Waals surface area contributed by atoms with E-state index in [0.29, 0.717) is 0 Å². The van der Waals surface area contributed by atoms with Crippen LogP contribution in [0, 0.1) is 6.92 Å². The second-order valence-electron chi connectivity index (χ2n) is 2.99. The van der Waals surface area contributed by atoms with Gasteiger partial charge in [-0.3, -0.25) is 4.98 Å². The van der Waals surface area contributed by atoms with Gasteiger partial charge in [0, 0.05) is 9.86 Å². The van der Waals surface area contributed by atoms with Gasteiger partial charge in [0.05, 0.1) is 20.7 Å². The molecular weight excluding hydrogens is 329 g/mol. The summed E-state index contributed by atoms with van der Waals surface area (Å²) in [6.45, 7) is 1.93. The first kappa shape index (κ1) is 10.4. The van der Waals surface area contributed by atoms with Crippen LogP contribution in [0.1, 0.15) is 5.69 Å². The monoisotopic (exact) mass is 333 g/mol. The summed E-state index contributed by atoms with van der Waals surface area (Å²) in [6, 6.07) is 5.87. The zero-order valence-corrected chi connectivity index (χ0v) is 11.2. The molecule has 1 aromatic heterocycles. The fourth-order valence-electron chi connectivity index (χ4n) is 1.29. The summed E-state index contributed by atoms with van der Waals surface area (Å²) in [5.41, 5.74) is 1.81. The van der Waals surface area contributed by atoms with Gasteiger partial charge in [-0.1, -0.05) is 33.6 Å². The number of aryl methyl sites for hydroxylation is 1.